The van der Waals surface area contributed by atoms with E-state index < -0.39 is 18.9 Å². The van der Waals surface area contributed by atoms with Crippen LogP contribution in [0.5, 0.6) is 0 Å². The summed E-state index contributed by atoms with van der Waals surface area (Å²) < 4.78 is 51.4. The Morgan fingerprint density at radius 2 is 1.36 bits per heavy atom. The summed E-state index contributed by atoms with van der Waals surface area (Å²) in [6.45, 7) is 0. The van der Waals surface area contributed by atoms with Crippen LogP contribution >= 0.6 is 33.9 Å². The molecule has 0 amide bonds. The van der Waals surface area contributed by atoms with Crippen molar-refractivity contribution in [2.45, 2.75) is 9.84 Å². The van der Waals surface area contributed by atoms with Crippen molar-refractivity contribution in [1.82, 2.24) is 0 Å². The highest BCUT2D eigenvalue weighted by molar-refractivity contribution is 8.15. The molecule has 0 aromatic carbocycles. The molecule has 0 aromatic heterocycles. The number of alkyl halides is 5. The van der Waals surface area contributed by atoms with E-state index in [1.54, 1.807) is 0 Å². The zero-order chi connectivity index (χ0) is 9.50. The largest absolute Gasteiger partial charge is 0.385 e. The minimum absolute atomic E-state index is 4.01. The molecule has 9 heteroatoms. The zero-order valence-electron chi connectivity index (χ0n) is 4.49. The molecule has 0 saturated carbocycles. The molecule has 2 nitrogen and oxygen atoms in total. The Labute approximate surface area is 74.6 Å². The molecule has 1 unspecified atom stereocenters. The summed E-state index contributed by atoms with van der Waals surface area (Å²) >= 11 is 8.23. The Bertz CT molecular complexity index is 242. The maximum atomic E-state index is 12.3. The minimum Gasteiger partial charge on any atom is -0.207 e. The summed E-state index contributed by atoms with van der Waals surface area (Å²) in [7, 11) is -1.06. The summed E-state index contributed by atoms with van der Waals surface area (Å²) in [4.78, 5) is 0. The third-order valence-electron chi connectivity index (χ3n) is 0.636. The Morgan fingerprint density at radius 1 is 1.09 bits per heavy atom. The summed E-state index contributed by atoms with van der Waals surface area (Å²) in [5.41, 5.74) is 0. The van der Waals surface area contributed by atoms with Crippen molar-refractivity contribution in [3.63, 3.8) is 0 Å². The van der Waals surface area contributed by atoms with Crippen LogP contribution in [0.25, 0.3) is 0 Å². The van der Waals surface area contributed by atoms with Crippen molar-refractivity contribution in [2.24, 2.45) is 0 Å². The molecule has 11 heavy (non-hydrogen) atoms. The van der Waals surface area contributed by atoms with Gasteiger partial charge in [0.25, 0.3) is 9.05 Å². The average molecular weight is 251 g/mol. The number of halogens is 6. The molecule has 0 saturated heterocycles. The highest BCUT2D eigenvalue weighted by atomic mass is 35.7. The van der Waals surface area contributed by atoms with E-state index in [1.807, 2.05) is 0 Å². The van der Waals surface area contributed by atoms with Crippen molar-refractivity contribution in [3.05, 3.63) is 0 Å². The van der Waals surface area contributed by atoms with E-state index in [-0.39, 0.29) is 0 Å². The fourth-order valence-corrected chi connectivity index (χ4v) is 1.13. The van der Waals surface area contributed by atoms with Crippen molar-refractivity contribution < 1.29 is 21.6 Å². The smallest absolute Gasteiger partial charge is 0.207 e. The van der Waals surface area contributed by atoms with Gasteiger partial charge in [-0.05, 0) is 11.6 Å². The molecule has 0 bridgehead atoms. The van der Waals surface area contributed by atoms with Gasteiger partial charge in [0.15, 0.2) is 0 Å². The molecule has 0 radical (unpaired) electrons. The summed E-state index contributed by atoms with van der Waals surface area (Å²) in [5, 5.41) is -4.77. The molecular weight excluding hydrogens is 251 g/mol. The molecule has 0 rings (SSSR count). The van der Waals surface area contributed by atoms with Crippen LogP contribution in [-0.4, -0.2) is 18.3 Å². The van der Waals surface area contributed by atoms with E-state index in [4.69, 9.17) is 0 Å². The van der Waals surface area contributed by atoms with Crippen LogP contribution in [0.1, 0.15) is 0 Å². The third-order valence-corrected chi connectivity index (χ3v) is 3.70. The Morgan fingerprint density at radius 3 is 1.36 bits per heavy atom. The SMILES string of the molecule is O=S(=O)(Cl)C(F)(Cl)C(F)(F)Cl. The molecule has 0 aliphatic carbocycles. The molecule has 0 fully saturated rings. The minimum atomic E-state index is -5.27. The quantitative estimate of drug-likeness (QED) is 0.557. The Kier molecular flexibility index (Phi) is 2.99. The highest BCUT2D eigenvalue weighted by Crippen LogP contribution is 2.45. The maximum Gasteiger partial charge on any atom is 0.385 e. The third kappa shape index (κ3) is 2.27. The van der Waals surface area contributed by atoms with Crippen LogP contribution in [0.15, 0.2) is 0 Å². The first-order valence-electron chi connectivity index (χ1n) is 1.89. The van der Waals surface area contributed by atoms with Crippen molar-refractivity contribution in [2.75, 3.05) is 0 Å². The van der Waals surface area contributed by atoms with Crippen LogP contribution < -0.4 is 0 Å². The zero-order valence-corrected chi connectivity index (χ0v) is 7.58. The first-order chi connectivity index (χ1) is 4.50. The predicted molar refractivity (Wildman–Crippen MR) is 35.3 cm³/mol. The van der Waals surface area contributed by atoms with E-state index in [0.29, 0.717) is 0 Å². The van der Waals surface area contributed by atoms with Gasteiger partial charge in [0.1, 0.15) is 0 Å². The second-order valence-corrected chi connectivity index (χ2v) is 5.33. The van der Waals surface area contributed by atoms with Crippen LogP contribution in [0.3, 0.4) is 0 Å². The lowest BCUT2D eigenvalue weighted by Gasteiger charge is -2.18. The van der Waals surface area contributed by atoms with Crippen LogP contribution in [0, 0.1) is 0 Å². The van der Waals surface area contributed by atoms with E-state index in [9.17, 15) is 21.6 Å². The second-order valence-electron chi connectivity index (χ2n) is 1.45. The number of hydrogen-bond acceptors (Lipinski definition) is 2. The molecule has 0 aliphatic rings. The number of rotatable bonds is 2. The summed E-state index contributed by atoms with van der Waals surface area (Å²) in [6.07, 6.45) is 0. The standard InChI is InChI=1S/C2Cl3F3O2S/c3-1(6,7)2(4,8)11(5,9)10. The molecule has 0 spiro atoms. The van der Waals surface area contributed by atoms with E-state index in [0.717, 1.165) is 0 Å². The molecule has 1 atom stereocenters. The summed E-state index contributed by atoms with van der Waals surface area (Å²) in [5.74, 6) is 0. The topological polar surface area (TPSA) is 34.1 Å². The monoisotopic (exact) mass is 250 g/mol. The molecule has 0 aliphatic heterocycles. The first kappa shape index (κ1) is 11.6. The second kappa shape index (κ2) is 2.83. The van der Waals surface area contributed by atoms with Gasteiger partial charge in [-0.3, -0.25) is 0 Å². The molecule has 68 valence electrons. The predicted octanol–water partition coefficient (Wildman–Crippen LogP) is 2.25. The van der Waals surface area contributed by atoms with E-state index >= 15 is 0 Å². The molecule has 0 aromatic rings. The van der Waals surface area contributed by atoms with Gasteiger partial charge in [0, 0.05) is 10.7 Å². The van der Waals surface area contributed by atoms with Crippen LogP contribution in [0.2, 0.25) is 0 Å². The van der Waals surface area contributed by atoms with Gasteiger partial charge in [-0.25, -0.2) is 8.42 Å². The van der Waals surface area contributed by atoms with Gasteiger partial charge in [-0.1, -0.05) is 11.6 Å². The lowest BCUT2D eigenvalue weighted by Crippen LogP contribution is -2.39. The Hall–Kier alpha value is 0.610. The number of hydrogen-bond donors (Lipinski definition) is 0. The lowest BCUT2D eigenvalue weighted by atomic mass is 10.8. The van der Waals surface area contributed by atoms with Gasteiger partial charge >= 0.3 is 9.84 Å². The molecular formula is C2Cl3F3O2S. The Balaban J connectivity index is 5.08. The average Bonchev–Trinajstić information content (AvgIpc) is 1.58. The van der Waals surface area contributed by atoms with Gasteiger partial charge in [0.05, 0.1) is 0 Å². The summed E-state index contributed by atoms with van der Waals surface area (Å²) in [6, 6.07) is 0. The normalized spacial score (nSPS) is 19.5. The van der Waals surface area contributed by atoms with Crippen molar-refractivity contribution in [1.29, 1.82) is 0 Å². The lowest BCUT2D eigenvalue weighted by molar-refractivity contribution is 0.0243. The van der Waals surface area contributed by atoms with Gasteiger partial charge in [0.2, 0.25) is 0 Å². The molecule has 0 N–H and O–H groups in total. The van der Waals surface area contributed by atoms with Gasteiger partial charge in [-0.2, -0.15) is 13.2 Å². The highest BCUT2D eigenvalue weighted by Gasteiger charge is 2.62. The van der Waals surface area contributed by atoms with Crippen LogP contribution in [-0.2, 0) is 9.05 Å². The molecule has 0 heterocycles. The van der Waals surface area contributed by atoms with Gasteiger partial charge in [-0.15, -0.1) is 0 Å². The fourth-order valence-electron chi connectivity index (χ4n) is 0.138. The fraction of sp³-hybridized carbons (Fsp3) is 1.00. The van der Waals surface area contributed by atoms with Crippen LogP contribution in [0.4, 0.5) is 13.2 Å². The van der Waals surface area contributed by atoms with E-state index in [1.165, 1.54) is 0 Å². The van der Waals surface area contributed by atoms with Gasteiger partial charge < -0.3 is 0 Å². The maximum absolute atomic E-state index is 12.3. The van der Waals surface area contributed by atoms with Crippen molar-refractivity contribution >= 4 is 42.9 Å². The van der Waals surface area contributed by atoms with Crippen molar-refractivity contribution in [3.8, 4) is 0 Å². The van der Waals surface area contributed by atoms with E-state index in [2.05, 4.69) is 33.9 Å². The first-order valence-corrected chi connectivity index (χ1v) is 4.95.